The van der Waals surface area contributed by atoms with Crippen molar-refractivity contribution in [1.82, 2.24) is 5.32 Å². The van der Waals surface area contributed by atoms with Crippen LogP contribution in [0.15, 0.2) is 18.2 Å². The van der Waals surface area contributed by atoms with E-state index in [0.717, 1.165) is 19.0 Å². The number of halogens is 2. The number of hydrogen-bond acceptors (Lipinski definition) is 2. The molecule has 4 heteroatoms. The van der Waals surface area contributed by atoms with Gasteiger partial charge < -0.3 is 10.1 Å². The maximum atomic E-state index is 13.7. The minimum Gasteiger partial charge on any atom is -0.377 e. The van der Waals surface area contributed by atoms with E-state index in [9.17, 15) is 8.78 Å². The van der Waals surface area contributed by atoms with E-state index in [2.05, 4.69) is 12.2 Å². The molecule has 0 aliphatic heterocycles. The van der Waals surface area contributed by atoms with Crippen molar-refractivity contribution >= 4 is 0 Å². The van der Waals surface area contributed by atoms with Crippen molar-refractivity contribution in [2.75, 3.05) is 13.2 Å². The van der Waals surface area contributed by atoms with E-state index >= 15 is 0 Å². The molecule has 1 aromatic carbocycles. The standard InChI is InChI=1S/C15H23F2NO/c1-4-9-18-14(11(3)19-5-2)10-12-7-6-8-13(16)15(12)17/h6-8,11,14,18H,4-5,9-10H2,1-3H3. The average molecular weight is 271 g/mol. The summed E-state index contributed by atoms with van der Waals surface area (Å²) in [6.45, 7) is 7.39. The first-order chi connectivity index (χ1) is 9.10. The summed E-state index contributed by atoms with van der Waals surface area (Å²) >= 11 is 0. The second-order valence-corrected chi connectivity index (χ2v) is 4.64. The normalized spacial score (nSPS) is 14.4. The van der Waals surface area contributed by atoms with Crippen molar-refractivity contribution in [1.29, 1.82) is 0 Å². The van der Waals surface area contributed by atoms with Gasteiger partial charge in [0.15, 0.2) is 11.6 Å². The third-order valence-corrected chi connectivity index (χ3v) is 3.12. The molecular formula is C15H23F2NO. The van der Waals surface area contributed by atoms with Gasteiger partial charge in [0, 0.05) is 12.6 Å². The maximum Gasteiger partial charge on any atom is 0.162 e. The van der Waals surface area contributed by atoms with Crippen LogP contribution in [-0.2, 0) is 11.2 Å². The van der Waals surface area contributed by atoms with Crippen LogP contribution in [-0.4, -0.2) is 25.3 Å². The summed E-state index contributed by atoms with van der Waals surface area (Å²) in [6.07, 6.45) is 1.37. The first-order valence-corrected chi connectivity index (χ1v) is 6.88. The van der Waals surface area contributed by atoms with Crippen LogP contribution >= 0.6 is 0 Å². The molecule has 1 N–H and O–H groups in total. The molecule has 2 nitrogen and oxygen atoms in total. The maximum absolute atomic E-state index is 13.7. The highest BCUT2D eigenvalue weighted by molar-refractivity contribution is 5.20. The number of rotatable bonds is 8. The lowest BCUT2D eigenvalue weighted by atomic mass is 10.0. The van der Waals surface area contributed by atoms with Gasteiger partial charge >= 0.3 is 0 Å². The Morgan fingerprint density at radius 2 is 2.00 bits per heavy atom. The zero-order valence-electron chi connectivity index (χ0n) is 11.9. The fraction of sp³-hybridized carbons (Fsp3) is 0.600. The minimum atomic E-state index is -0.796. The van der Waals surface area contributed by atoms with Gasteiger partial charge in [-0.3, -0.25) is 0 Å². The van der Waals surface area contributed by atoms with Crippen LogP contribution in [0.3, 0.4) is 0 Å². The Labute approximate surface area is 114 Å². The molecule has 108 valence electrons. The summed E-state index contributed by atoms with van der Waals surface area (Å²) in [5.74, 6) is -1.55. The van der Waals surface area contributed by atoms with Crippen molar-refractivity contribution in [3.8, 4) is 0 Å². The van der Waals surface area contributed by atoms with Crippen molar-refractivity contribution in [2.45, 2.75) is 45.8 Å². The Morgan fingerprint density at radius 1 is 1.26 bits per heavy atom. The van der Waals surface area contributed by atoms with E-state index in [1.165, 1.54) is 6.07 Å². The van der Waals surface area contributed by atoms with Crippen LogP contribution in [0.2, 0.25) is 0 Å². The van der Waals surface area contributed by atoms with Crippen LogP contribution in [0.25, 0.3) is 0 Å². The Hall–Kier alpha value is -1.00. The van der Waals surface area contributed by atoms with Crippen molar-refractivity contribution in [3.63, 3.8) is 0 Å². The smallest absolute Gasteiger partial charge is 0.162 e. The van der Waals surface area contributed by atoms with Crippen LogP contribution in [0.5, 0.6) is 0 Å². The number of hydrogen-bond donors (Lipinski definition) is 1. The van der Waals surface area contributed by atoms with Gasteiger partial charge in [-0.05, 0) is 44.9 Å². The fourth-order valence-corrected chi connectivity index (χ4v) is 2.06. The van der Waals surface area contributed by atoms with Gasteiger partial charge in [-0.1, -0.05) is 19.1 Å². The zero-order valence-corrected chi connectivity index (χ0v) is 11.9. The summed E-state index contributed by atoms with van der Waals surface area (Å²) in [5.41, 5.74) is 0.389. The molecule has 2 atom stereocenters. The highest BCUT2D eigenvalue weighted by Crippen LogP contribution is 2.15. The third-order valence-electron chi connectivity index (χ3n) is 3.12. The summed E-state index contributed by atoms with van der Waals surface area (Å²) in [7, 11) is 0. The number of ether oxygens (including phenoxy) is 1. The summed E-state index contributed by atoms with van der Waals surface area (Å²) in [6, 6.07) is 4.28. The molecule has 0 aromatic heterocycles. The lowest BCUT2D eigenvalue weighted by Crippen LogP contribution is -2.42. The monoisotopic (exact) mass is 271 g/mol. The van der Waals surface area contributed by atoms with Gasteiger partial charge in [0.2, 0.25) is 0 Å². The number of benzene rings is 1. The molecule has 0 spiro atoms. The van der Waals surface area contributed by atoms with E-state index in [0.29, 0.717) is 18.6 Å². The van der Waals surface area contributed by atoms with Crippen LogP contribution < -0.4 is 5.32 Å². The van der Waals surface area contributed by atoms with Crippen molar-refractivity contribution in [3.05, 3.63) is 35.4 Å². The zero-order chi connectivity index (χ0) is 14.3. The van der Waals surface area contributed by atoms with E-state index in [-0.39, 0.29) is 12.1 Å². The van der Waals surface area contributed by atoms with Crippen LogP contribution in [0.1, 0.15) is 32.8 Å². The first kappa shape index (κ1) is 16.1. The Morgan fingerprint density at radius 3 is 2.63 bits per heavy atom. The van der Waals surface area contributed by atoms with Gasteiger partial charge in [-0.15, -0.1) is 0 Å². The van der Waals surface area contributed by atoms with Gasteiger partial charge in [0.25, 0.3) is 0 Å². The highest BCUT2D eigenvalue weighted by atomic mass is 19.2. The summed E-state index contributed by atoms with van der Waals surface area (Å²) in [5, 5.41) is 3.34. The largest absolute Gasteiger partial charge is 0.377 e. The molecule has 0 saturated heterocycles. The molecule has 0 aliphatic carbocycles. The Kier molecular flexibility index (Phi) is 6.95. The van der Waals surface area contributed by atoms with Crippen LogP contribution in [0, 0.1) is 11.6 Å². The van der Waals surface area contributed by atoms with E-state index in [1.54, 1.807) is 6.07 Å². The average Bonchev–Trinajstić information content (AvgIpc) is 2.39. The molecule has 0 radical (unpaired) electrons. The third kappa shape index (κ3) is 4.88. The predicted molar refractivity (Wildman–Crippen MR) is 73.2 cm³/mol. The highest BCUT2D eigenvalue weighted by Gasteiger charge is 2.19. The minimum absolute atomic E-state index is 0.0174. The van der Waals surface area contributed by atoms with Gasteiger partial charge in [0.05, 0.1) is 6.10 Å². The predicted octanol–water partition coefficient (Wildman–Crippen LogP) is 3.30. The molecule has 1 aromatic rings. The second-order valence-electron chi connectivity index (χ2n) is 4.64. The van der Waals surface area contributed by atoms with E-state index in [4.69, 9.17) is 4.74 Å². The molecule has 0 amide bonds. The lowest BCUT2D eigenvalue weighted by molar-refractivity contribution is 0.0474. The molecule has 0 bridgehead atoms. The Balaban J connectivity index is 2.78. The first-order valence-electron chi connectivity index (χ1n) is 6.88. The van der Waals surface area contributed by atoms with Gasteiger partial charge in [0.1, 0.15) is 0 Å². The molecule has 19 heavy (non-hydrogen) atoms. The van der Waals surface area contributed by atoms with Crippen molar-refractivity contribution < 1.29 is 13.5 Å². The number of nitrogens with one attached hydrogen (secondary N) is 1. The molecule has 0 saturated carbocycles. The molecule has 1 rings (SSSR count). The molecule has 0 aliphatic rings. The van der Waals surface area contributed by atoms with E-state index < -0.39 is 11.6 Å². The van der Waals surface area contributed by atoms with Crippen molar-refractivity contribution in [2.24, 2.45) is 0 Å². The summed E-state index contributed by atoms with van der Waals surface area (Å²) < 4.78 is 32.5. The molecule has 0 fully saturated rings. The summed E-state index contributed by atoms with van der Waals surface area (Å²) in [4.78, 5) is 0. The molecular weight excluding hydrogens is 248 g/mol. The van der Waals surface area contributed by atoms with E-state index in [1.807, 2.05) is 13.8 Å². The quantitative estimate of drug-likeness (QED) is 0.783. The second kappa shape index (κ2) is 8.23. The topological polar surface area (TPSA) is 21.3 Å². The molecule has 0 heterocycles. The Bertz CT molecular complexity index is 384. The van der Waals surface area contributed by atoms with Crippen LogP contribution in [0.4, 0.5) is 8.78 Å². The van der Waals surface area contributed by atoms with Gasteiger partial charge in [-0.25, -0.2) is 8.78 Å². The lowest BCUT2D eigenvalue weighted by Gasteiger charge is -2.25. The SMILES string of the molecule is CCCNC(Cc1cccc(F)c1F)C(C)OCC. The molecule has 2 unspecified atom stereocenters. The fourth-order valence-electron chi connectivity index (χ4n) is 2.06. The van der Waals surface area contributed by atoms with Gasteiger partial charge in [-0.2, -0.15) is 0 Å².